The fourth-order valence-electron chi connectivity index (χ4n) is 3.41. The normalized spacial score (nSPS) is 15.8. The highest BCUT2D eigenvalue weighted by atomic mass is 32.1. The first-order chi connectivity index (χ1) is 15.8. The van der Waals surface area contributed by atoms with Gasteiger partial charge < -0.3 is 9.84 Å². The zero-order valence-electron chi connectivity index (χ0n) is 17.3. The summed E-state index contributed by atoms with van der Waals surface area (Å²) in [5.41, 5.74) is 0.585. The van der Waals surface area contributed by atoms with E-state index in [1.54, 1.807) is 24.4 Å². The fourth-order valence-corrected chi connectivity index (χ4v) is 5.08. The number of aliphatic hydroxyl groups is 1. The van der Waals surface area contributed by atoms with Crippen LogP contribution in [0.25, 0.3) is 0 Å². The Labute approximate surface area is 196 Å². The molecule has 0 saturated heterocycles. The predicted molar refractivity (Wildman–Crippen MR) is 122 cm³/mol. The summed E-state index contributed by atoms with van der Waals surface area (Å²) in [5, 5.41) is 12.5. The van der Waals surface area contributed by atoms with Crippen LogP contribution in [0.3, 0.4) is 0 Å². The smallest absolute Gasteiger partial charge is 0.350 e. The highest BCUT2D eigenvalue weighted by Crippen LogP contribution is 2.44. The summed E-state index contributed by atoms with van der Waals surface area (Å²) in [5.74, 6) is -3.21. The van der Waals surface area contributed by atoms with Crippen LogP contribution in [0.5, 0.6) is 0 Å². The van der Waals surface area contributed by atoms with E-state index in [1.807, 2.05) is 0 Å². The summed E-state index contributed by atoms with van der Waals surface area (Å²) in [4.78, 5) is 44.7. The van der Waals surface area contributed by atoms with E-state index >= 15 is 0 Å². The molecule has 0 fully saturated rings. The van der Waals surface area contributed by atoms with Gasteiger partial charge in [-0.3, -0.25) is 14.5 Å². The van der Waals surface area contributed by atoms with Crippen LogP contribution in [0.2, 0.25) is 0 Å². The van der Waals surface area contributed by atoms with E-state index in [1.165, 1.54) is 41.7 Å². The van der Waals surface area contributed by atoms with Crippen molar-refractivity contribution in [3.63, 3.8) is 0 Å². The molecule has 1 atom stereocenters. The van der Waals surface area contributed by atoms with Crippen molar-refractivity contribution in [3.05, 3.63) is 92.6 Å². The average molecular weight is 485 g/mol. The van der Waals surface area contributed by atoms with Gasteiger partial charge in [0.1, 0.15) is 17.3 Å². The number of hydrogen-bond acceptors (Lipinski definition) is 8. The summed E-state index contributed by atoms with van der Waals surface area (Å²) < 4.78 is 18.7. The van der Waals surface area contributed by atoms with Crippen molar-refractivity contribution < 1.29 is 28.6 Å². The van der Waals surface area contributed by atoms with Gasteiger partial charge in [-0.2, -0.15) is 0 Å². The lowest BCUT2D eigenvalue weighted by atomic mass is 9.95. The lowest BCUT2D eigenvalue weighted by molar-refractivity contribution is -0.117. The van der Waals surface area contributed by atoms with Crippen LogP contribution in [0.15, 0.2) is 65.8 Å². The second kappa shape index (κ2) is 9.08. The number of ether oxygens (including phenoxy) is 1. The third-order valence-corrected chi connectivity index (χ3v) is 6.90. The minimum absolute atomic E-state index is 0.00810. The third-order valence-electron chi connectivity index (χ3n) is 4.89. The Kier molecular flexibility index (Phi) is 6.21. The standard InChI is InChI=1S/C23H17FN2O5S2/c1-3-10-31-22(30)20-12(2)25-23(33-20)26-17(13-6-8-14(24)9-7-13)16(19(28)21(26)29)18(27)15-5-4-11-32-15/h3-9,11,17,28H,1,10H2,2H3/t17-/m1/s1. The van der Waals surface area contributed by atoms with Crippen molar-refractivity contribution in [3.8, 4) is 0 Å². The van der Waals surface area contributed by atoms with Gasteiger partial charge in [-0.15, -0.1) is 11.3 Å². The van der Waals surface area contributed by atoms with E-state index in [4.69, 9.17) is 4.74 Å². The van der Waals surface area contributed by atoms with Crippen LogP contribution < -0.4 is 4.90 Å². The summed E-state index contributed by atoms with van der Waals surface area (Å²) in [6, 6.07) is 7.47. The first kappa shape index (κ1) is 22.6. The van der Waals surface area contributed by atoms with Crippen molar-refractivity contribution in [2.45, 2.75) is 13.0 Å². The van der Waals surface area contributed by atoms with Crippen LogP contribution in [0.4, 0.5) is 9.52 Å². The van der Waals surface area contributed by atoms with Crippen molar-refractivity contribution in [2.75, 3.05) is 11.5 Å². The molecule has 4 rings (SSSR count). The number of amides is 1. The van der Waals surface area contributed by atoms with E-state index in [0.29, 0.717) is 16.1 Å². The number of nitrogens with zero attached hydrogens (tertiary/aromatic N) is 2. The number of benzene rings is 1. The Morgan fingerprint density at radius 1 is 1.30 bits per heavy atom. The second-order valence-corrected chi connectivity index (χ2v) is 8.92. The maximum Gasteiger partial charge on any atom is 0.350 e. The number of esters is 1. The van der Waals surface area contributed by atoms with Gasteiger partial charge in [0.15, 0.2) is 10.9 Å². The summed E-state index contributed by atoms with van der Waals surface area (Å²) >= 11 is 2.07. The van der Waals surface area contributed by atoms with Crippen LogP contribution in [-0.4, -0.2) is 34.4 Å². The molecule has 0 bridgehead atoms. The SMILES string of the molecule is C=CCOC(=O)c1sc(N2C(=O)C(O)=C(C(=O)c3cccs3)[C@H]2c2ccc(F)cc2)nc1C. The molecule has 33 heavy (non-hydrogen) atoms. The molecule has 3 aromatic rings. The maximum atomic E-state index is 13.6. The number of halogens is 1. The minimum atomic E-state index is -1.06. The number of carbonyl (C=O) groups is 3. The van der Waals surface area contributed by atoms with E-state index in [-0.39, 0.29) is 22.2 Å². The van der Waals surface area contributed by atoms with E-state index in [0.717, 1.165) is 16.2 Å². The topological polar surface area (TPSA) is 96.8 Å². The monoisotopic (exact) mass is 484 g/mol. The van der Waals surface area contributed by atoms with Crippen LogP contribution in [0, 0.1) is 12.7 Å². The zero-order chi connectivity index (χ0) is 23.7. The first-order valence-corrected chi connectivity index (χ1v) is 11.4. The number of aromatic nitrogens is 1. The molecule has 1 amide bonds. The molecule has 1 aliphatic rings. The number of thiazole rings is 1. The van der Waals surface area contributed by atoms with Crippen molar-refractivity contribution in [1.29, 1.82) is 0 Å². The number of rotatable bonds is 7. The van der Waals surface area contributed by atoms with Crippen molar-refractivity contribution >= 4 is 45.5 Å². The van der Waals surface area contributed by atoms with Gasteiger partial charge in [-0.1, -0.05) is 42.2 Å². The molecule has 1 N–H and O–H groups in total. The van der Waals surface area contributed by atoms with Gasteiger partial charge >= 0.3 is 5.97 Å². The molecule has 7 nitrogen and oxygen atoms in total. The molecular weight excluding hydrogens is 467 g/mol. The predicted octanol–water partition coefficient (Wildman–Crippen LogP) is 4.78. The lowest BCUT2D eigenvalue weighted by Gasteiger charge is -2.24. The highest BCUT2D eigenvalue weighted by molar-refractivity contribution is 7.17. The lowest BCUT2D eigenvalue weighted by Crippen LogP contribution is -2.31. The number of Topliss-reactive ketones (excluding diaryl/α,β-unsaturated/α-hetero) is 1. The Hall–Kier alpha value is -3.63. The van der Waals surface area contributed by atoms with Gasteiger partial charge in [0, 0.05) is 0 Å². The van der Waals surface area contributed by atoms with E-state index in [9.17, 15) is 23.9 Å². The zero-order valence-corrected chi connectivity index (χ0v) is 18.9. The molecule has 0 unspecified atom stereocenters. The number of ketones is 1. The molecule has 1 aromatic carbocycles. The Morgan fingerprint density at radius 2 is 2.03 bits per heavy atom. The molecule has 1 aliphatic heterocycles. The Balaban J connectivity index is 1.82. The van der Waals surface area contributed by atoms with Crippen LogP contribution >= 0.6 is 22.7 Å². The summed E-state index contributed by atoms with van der Waals surface area (Å²) in [6.07, 6.45) is 1.42. The number of carbonyl (C=O) groups excluding carboxylic acids is 3. The molecule has 168 valence electrons. The molecule has 10 heteroatoms. The van der Waals surface area contributed by atoms with Gasteiger partial charge in [-0.25, -0.2) is 14.2 Å². The fraction of sp³-hybridized carbons (Fsp3) is 0.130. The van der Waals surface area contributed by atoms with E-state index in [2.05, 4.69) is 11.6 Å². The molecule has 3 heterocycles. The quantitative estimate of drug-likeness (QED) is 0.295. The Bertz CT molecular complexity index is 1280. The number of aliphatic hydroxyl groups excluding tert-OH is 1. The number of hydrogen-bond donors (Lipinski definition) is 1. The Morgan fingerprint density at radius 3 is 2.67 bits per heavy atom. The first-order valence-electron chi connectivity index (χ1n) is 9.69. The number of thiophene rings is 1. The van der Waals surface area contributed by atoms with Crippen LogP contribution in [-0.2, 0) is 9.53 Å². The van der Waals surface area contributed by atoms with E-state index < -0.39 is 35.3 Å². The molecule has 0 saturated carbocycles. The molecule has 2 aromatic heterocycles. The van der Waals surface area contributed by atoms with Gasteiger partial charge in [0.25, 0.3) is 5.91 Å². The second-order valence-electron chi connectivity index (χ2n) is 7.00. The summed E-state index contributed by atoms with van der Waals surface area (Å²) in [6.45, 7) is 5.09. The van der Waals surface area contributed by atoms with Crippen LogP contribution in [0.1, 0.15) is 36.6 Å². The highest BCUT2D eigenvalue weighted by Gasteiger charge is 2.46. The molecule has 0 radical (unpaired) electrons. The maximum absolute atomic E-state index is 13.6. The van der Waals surface area contributed by atoms with Crippen molar-refractivity contribution in [2.24, 2.45) is 0 Å². The molecule has 0 aliphatic carbocycles. The molecular formula is C23H17FN2O5S2. The molecule has 0 spiro atoms. The van der Waals surface area contributed by atoms with Gasteiger partial charge in [-0.05, 0) is 36.1 Å². The largest absolute Gasteiger partial charge is 0.503 e. The van der Waals surface area contributed by atoms with Crippen molar-refractivity contribution in [1.82, 2.24) is 4.98 Å². The average Bonchev–Trinajstić information content (AvgIpc) is 3.52. The number of aryl methyl sites for hydroxylation is 1. The van der Waals surface area contributed by atoms with Gasteiger partial charge in [0.2, 0.25) is 5.78 Å². The third kappa shape index (κ3) is 4.10. The minimum Gasteiger partial charge on any atom is -0.503 e. The van der Waals surface area contributed by atoms with Gasteiger partial charge in [0.05, 0.1) is 22.2 Å². The number of anilines is 1. The summed E-state index contributed by atoms with van der Waals surface area (Å²) in [7, 11) is 0.